The fourth-order valence-electron chi connectivity index (χ4n) is 6.44. The first kappa shape index (κ1) is 24.0. The maximum Gasteiger partial charge on any atom is 0.336 e. The second-order valence-corrected chi connectivity index (χ2v) is 10.3. The van der Waals surface area contributed by atoms with Crippen molar-refractivity contribution in [3.8, 4) is 5.75 Å². The third-order valence-electron chi connectivity index (χ3n) is 8.65. The molecule has 1 unspecified atom stereocenters. The first-order valence-electron chi connectivity index (χ1n) is 12.5. The number of fused-ring (bicyclic) bond motifs is 2. The molecule has 2 aliphatic carbocycles. The summed E-state index contributed by atoms with van der Waals surface area (Å²) in [5.41, 5.74) is 2.60. The van der Waals surface area contributed by atoms with Crippen molar-refractivity contribution in [3.63, 3.8) is 0 Å². The highest BCUT2D eigenvalue weighted by Gasteiger charge is 2.47. The number of halogens is 1. The normalized spacial score (nSPS) is 27.9. The van der Waals surface area contributed by atoms with Crippen LogP contribution >= 0.6 is 0 Å². The molecule has 2 N–H and O–H groups in total. The molecular weight excluding hydrogens is 447 g/mol. The van der Waals surface area contributed by atoms with Gasteiger partial charge >= 0.3 is 5.97 Å². The van der Waals surface area contributed by atoms with Gasteiger partial charge in [-0.3, -0.25) is 0 Å². The third-order valence-corrected chi connectivity index (χ3v) is 8.65. The van der Waals surface area contributed by atoms with Crippen molar-refractivity contribution in [3.05, 3.63) is 76.6 Å². The van der Waals surface area contributed by atoms with Crippen molar-refractivity contribution < 1.29 is 28.9 Å². The number of carboxylic acid groups (broad SMARTS) is 1. The Balaban J connectivity index is 1.38. The van der Waals surface area contributed by atoms with Gasteiger partial charge in [0.1, 0.15) is 17.7 Å². The summed E-state index contributed by atoms with van der Waals surface area (Å²) >= 11 is 0. The lowest BCUT2D eigenvalue weighted by Gasteiger charge is -2.45. The lowest BCUT2D eigenvalue weighted by Crippen LogP contribution is -2.44. The maximum atomic E-state index is 13.5. The summed E-state index contributed by atoms with van der Waals surface area (Å²) in [4.78, 5) is 11.6. The highest BCUT2D eigenvalue weighted by molar-refractivity contribution is 5.90. The van der Waals surface area contributed by atoms with Gasteiger partial charge in [-0.25, -0.2) is 9.18 Å². The van der Waals surface area contributed by atoms with Gasteiger partial charge in [-0.05, 0) is 61.9 Å². The number of aromatic carboxylic acids is 1. The molecule has 0 radical (unpaired) electrons. The average molecular weight is 481 g/mol. The second-order valence-electron chi connectivity index (χ2n) is 10.3. The standard InChI is InChI=1S/C29H33FO5/c1-17-21(28(32)33)10-4-18-5-11-23-22(24(34-2)16-25(23)35-27(17)18)12-13-26(31)29(14-3-15-29)19-6-8-20(30)9-7-19/h4,6-10,12-13,22-26,31H,3,5,11,14-16H2,1-2H3,(H,32,33)/b13-12+/t22-,23-,24-,25+,26?/m1/s1. The zero-order chi connectivity index (χ0) is 24.7. The molecule has 2 aromatic rings. The van der Waals surface area contributed by atoms with Crippen LogP contribution in [0.15, 0.2) is 48.6 Å². The minimum absolute atomic E-state index is 0.0406. The van der Waals surface area contributed by atoms with E-state index in [1.54, 1.807) is 25.3 Å². The lowest BCUT2D eigenvalue weighted by atomic mass is 9.61. The topological polar surface area (TPSA) is 76.0 Å². The van der Waals surface area contributed by atoms with Gasteiger partial charge in [-0.2, -0.15) is 0 Å². The van der Waals surface area contributed by atoms with E-state index < -0.39 is 12.1 Å². The zero-order valence-corrected chi connectivity index (χ0v) is 20.2. The summed E-state index contributed by atoms with van der Waals surface area (Å²) in [6.07, 6.45) is 8.43. The smallest absolute Gasteiger partial charge is 0.336 e. The molecule has 5 atom stereocenters. The molecule has 5 nitrogen and oxygen atoms in total. The number of aliphatic hydroxyl groups is 1. The highest BCUT2D eigenvalue weighted by atomic mass is 19.1. The molecule has 186 valence electrons. The zero-order valence-electron chi connectivity index (χ0n) is 20.2. The Morgan fingerprint density at radius 1 is 1.23 bits per heavy atom. The van der Waals surface area contributed by atoms with Crippen LogP contribution in [-0.4, -0.2) is 41.6 Å². The van der Waals surface area contributed by atoms with E-state index >= 15 is 0 Å². The number of hydrogen-bond acceptors (Lipinski definition) is 4. The molecule has 2 saturated carbocycles. The Bertz CT molecular complexity index is 1120. The number of aryl methyl sites for hydroxylation is 1. The van der Waals surface area contributed by atoms with Crippen molar-refractivity contribution in [1.29, 1.82) is 0 Å². The van der Waals surface area contributed by atoms with Crippen LogP contribution < -0.4 is 4.74 Å². The van der Waals surface area contributed by atoms with Gasteiger partial charge in [-0.1, -0.05) is 36.8 Å². The first-order chi connectivity index (χ1) is 16.8. The summed E-state index contributed by atoms with van der Waals surface area (Å²) in [5, 5.41) is 20.8. The molecule has 0 aromatic heterocycles. The molecule has 5 rings (SSSR count). The molecule has 3 aliphatic rings. The summed E-state index contributed by atoms with van der Waals surface area (Å²) < 4.78 is 25.8. The van der Waals surface area contributed by atoms with E-state index in [1.807, 2.05) is 19.1 Å². The molecule has 1 aliphatic heterocycles. The van der Waals surface area contributed by atoms with Crippen LogP contribution in [0.1, 0.15) is 59.2 Å². The first-order valence-corrected chi connectivity index (χ1v) is 12.5. The Labute approximate surface area is 205 Å². The summed E-state index contributed by atoms with van der Waals surface area (Å²) in [6, 6.07) is 10.1. The monoisotopic (exact) mass is 480 g/mol. The van der Waals surface area contributed by atoms with Gasteiger partial charge in [0.05, 0.1) is 17.8 Å². The summed E-state index contributed by atoms with van der Waals surface area (Å²) in [7, 11) is 1.71. The fourth-order valence-corrected chi connectivity index (χ4v) is 6.44. The molecule has 6 heteroatoms. The molecule has 0 bridgehead atoms. The molecule has 35 heavy (non-hydrogen) atoms. The highest BCUT2D eigenvalue weighted by Crippen LogP contribution is 2.48. The van der Waals surface area contributed by atoms with Gasteiger partial charge in [0.2, 0.25) is 0 Å². The average Bonchev–Trinajstić information content (AvgIpc) is 3.02. The number of methoxy groups -OCH3 is 1. The molecular formula is C29H33FO5. The quantitative estimate of drug-likeness (QED) is 0.555. The van der Waals surface area contributed by atoms with E-state index in [-0.39, 0.29) is 40.8 Å². The van der Waals surface area contributed by atoms with E-state index in [0.29, 0.717) is 17.7 Å². The van der Waals surface area contributed by atoms with Crippen molar-refractivity contribution in [1.82, 2.24) is 0 Å². The summed E-state index contributed by atoms with van der Waals surface area (Å²) in [6.45, 7) is 1.81. The van der Waals surface area contributed by atoms with Gasteiger partial charge < -0.3 is 19.7 Å². The molecule has 0 saturated heterocycles. The molecule has 0 spiro atoms. The Morgan fingerprint density at radius 3 is 2.60 bits per heavy atom. The number of carbonyl (C=O) groups is 1. The number of carboxylic acids is 1. The van der Waals surface area contributed by atoms with E-state index in [0.717, 1.165) is 43.2 Å². The SMILES string of the molecule is CO[C@@H]1C[C@@H]2Oc3c(ccc(C(=O)O)c3C)CC[C@@H]2[C@H]1/C=C/C(O)C1(c2ccc(F)cc2)CCC1. The Hall–Kier alpha value is -2.70. The largest absolute Gasteiger partial charge is 0.489 e. The number of aliphatic hydroxyl groups excluding tert-OH is 1. The Morgan fingerprint density at radius 2 is 1.97 bits per heavy atom. The Kier molecular flexibility index (Phi) is 6.45. The predicted molar refractivity (Wildman–Crippen MR) is 130 cm³/mol. The molecule has 2 aromatic carbocycles. The molecule has 1 heterocycles. The second kappa shape index (κ2) is 9.40. The van der Waals surface area contributed by atoms with E-state index in [1.165, 1.54) is 12.1 Å². The van der Waals surface area contributed by atoms with Crippen LogP contribution in [0.4, 0.5) is 4.39 Å². The van der Waals surface area contributed by atoms with Crippen LogP contribution in [-0.2, 0) is 16.6 Å². The number of ether oxygens (including phenoxy) is 2. The minimum atomic E-state index is -0.947. The fraction of sp³-hybridized carbons (Fsp3) is 0.483. The van der Waals surface area contributed by atoms with Crippen molar-refractivity contribution >= 4 is 5.97 Å². The number of benzene rings is 2. The number of rotatable bonds is 6. The van der Waals surface area contributed by atoms with Gasteiger partial charge in [0.25, 0.3) is 0 Å². The van der Waals surface area contributed by atoms with Crippen LogP contribution in [0.2, 0.25) is 0 Å². The van der Waals surface area contributed by atoms with Crippen LogP contribution in [0.3, 0.4) is 0 Å². The lowest BCUT2D eigenvalue weighted by molar-refractivity contribution is 0.0589. The third kappa shape index (κ3) is 4.17. The van der Waals surface area contributed by atoms with Crippen molar-refractivity contribution in [2.75, 3.05) is 7.11 Å². The van der Waals surface area contributed by atoms with E-state index in [9.17, 15) is 19.4 Å². The van der Waals surface area contributed by atoms with Gasteiger partial charge in [-0.15, -0.1) is 0 Å². The van der Waals surface area contributed by atoms with E-state index in [2.05, 4.69) is 6.08 Å². The van der Waals surface area contributed by atoms with Crippen LogP contribution in [0.25, 0.3) is 0 Å². The van der Waals surface area contributed by atoms with Gasteiger partial charge in [0, 0.05) is 36.3 Å². The predicted octanol–water partition coefficient (Wildman–Crippen LogP) is 5.22. The maximum absolute atomic E-state index is 13.5. The van der Waals surface area contributed by atoms with Crippen LogP contribution in [0.5, 0.6) is 5.75 Å². The van der Waals surface area contributed by atoms with Crippen molar-refractivity contribution in [2.24, 2.45) is 11.8 Å². The molecule has 0 amide bonds. The van der Waals surface area contributed by atoms with Crippen LogP contribution in [0, 0.1) is 24.6 Å². The van der Waals surface area contributed by atoms with Crippen molar-refractivity contribution in [2.45, 2.75) is 69.2 Å². The minimum Gasteiger partial charge on any atom is -0.489 e. The summed E-state index contributed by atoms with van der Waals surface area (Å²) in [5.74, 6) is -0.239. The molecule has 2 fully saturated rings. The van der Waals surface area contributed by atoms with E-state index in [4.69, 9.17) is 9.47 Å². The van der Waals surface area contributed by atoms with Gasteiger partial charge in [0.15, 0.2) is 0 Å². The number of hydrogen-bond donors (Lipinski definition) is 2.